The number of aliphatic imine (C=N–C) groups is 1. The Labute approximate surface area is 180 Å². The maximum atomic E-state index is 13.9. The van der Waals surface area contributed by atoms with Gasteiger partial charge in [-0.2, -0.15) is 0 Å². The van der Waals surface area contributed by atoms with Crippen LogP contribution in [0.15, 0.2) is 65.0 Å². The fraction of sp³-hybridized carbons (Fsp3) is 0.227. The van der Waals surface area contributed by atoms with Gasteiger partial charge in [0.15, 0.2) is 0 Å². The Hall–Kier alpha value is -1.83. The van der Waals surface area contributed by atoms with Gasteiger partial charge in [-0.05, 0) is 41.1 Å². The summed E-state index contributed by atoms with van der Waals surface area (Å²) in [5.41, 5.74) is 2.03. The van der Waals surface area contributed by atoms with Crippen LogP contribution in [-0.2, 0) is 16.9 Å². The summed E-state index contributed by atoms with van der Waals surface area (Å²) in [7, 11) is 3.74. The first-order valence-corrected chi connectivity index (χ1v) is 12.6. The second-order valence-corrected chi connectivity index (χ2v) is 10.1. The van der Waals surface area contributed by atoms with Crippen molar-refractivity contribution in [2.75, 3.05) is 12.4 Å². The second kappa shape index (κ2) is 9.78. The molecule has 29 heavy (non-hydrogen) atoms. The van der Waals surface area contributed by atoms with Crippen LogP contribution in [0.1, 0.15) is 27.6 Å². The molecule has 3 aromatic rings. The third-order valence-corrected chi connectivity index (χ3v) is 7.79. The molecule has 2 heterocycles. The Kier molecular flexibility index (Phi) is 6.90. The van der Waals surface area contributed by atoms with Crippen LogP contribution in [0.3, 0.4) is 0 Å². The highest BCUT2D eigenvalue weighted by atomic mass is 33.1. The minimum Gasteiger partial charge on any atom is -0.475 e. The van der Waals surface area contributed by atoms with E-state index in [-0.39, 0.29) is 24.1 Å². The van der Waals surface area contributed by atoms with E-state index in [9.17, 15) is 8.78 Å². The zero-order valence-corrected chi connectivity index (χ0v) is 18.0. The molecule has 1 aromatic heterocycles. The number of hydrogen-bond donors (Lipinski definition) is 0. The van der Waals surface area contributed by atoms with Gasteiger partial charge in [0.1, 0.15) is 29.8 Å². The highest BCUT2D eigenvalue weighted by Gasteiger charge is 2.26. The van der Waals surface area contributed by atoms with Crippen molar-refractivity contribution in [3.05, 3.63) is 93.2 Å². The molecule has 7 heteroatoms. The normalized spacial score (nSPS) is 15.9. The number of aryl methyl sites for hydroxylation is 1. The SMILES string of the molecule is Fc1cccc(F)c1C1=NC(c2ccc(CSSCCc3cccs3)cc2)CO1. The molecule has 0 bridgehead atoms. The van der Waals surface area contributed by atoms with Gasteiger partial charge in [-0.3, -0.25) is 0 Å². The van der Waals surface area contributed by atoms with Gasteiger partial charge in [-0.15, -0.1) is 11.3 Å². The van der Waals surface area contributed by atoms with Gasteiger partial charge in [0.05, 0.1) is 0 Å². The first-order valence-electron chi connectivity index (χ1n) is 9.21. The van der Waals surface area contributed by atoms with E-state index < -0.39 is 11.6 Å². The van der Waals surface area contributed by atoms with Crippen molar-refractivity contribution >= 4 is 38.8 Å². The van der Waals surface area contributed by atoms with Crippen LogP contribution in [0.5, 0.6) is 0 Å². The largest absolute Gasteiger partial charge is 0.475 e. The molecule has 0 aliphatic carbocycles. The van der Waals surface area contributed by atoms with Crippen LogP contribution >= 0.6 is 32.9 Å². The van der Waals surface area contributed by atoms with Crippen LogP contribution in [-0.4, -0.2) is 18.3 Å². The summed E-state index contributed by atoms with van der Waals surface area (Å²) < 4.78 is 33.4. The van der Waals surface area contributed by atoms with Gasteiger partial charge in [0, 0.05) is 16.4 Å². The molecule has 0 spiro atoms. The summed E-state index contributed by atoms with van der Waals surface area (Å²) in [4.78, 5) is 5.82. The lowest BCUT2D eigenvalue weighted by Gasteiger charge is -2.07. The molecular formula is C22H19F2NOS3. The minimum atomic E-state index is -0.659. The van der Waals surface area contributed by atoms with Crippen LogP contribution in [0.25, 0.3) is 0 Å². The molecule has 2 aromatic carbocycles. The van der Waals surface area contributed by atoms with E-state index in [4.69, 9.17) is 4.74 Å². The van der Waals surface area contributed by atoms with Crippen molar-refractivity contribution in [2.45, 2.75) is 18.2 Å². The van der Waals surface area contributed by atoms with Gasteiger partial charge in [0.2, 0.25) is 5.90 Å². The van der Waals surface area contributed by atoms with Crippen LogP contribution in [0, 0.1) is 11.6 Å². The van der Waals surface area contributed by atoms with Gasteiger partial charge >= 0.3 is 0 Å². The summed E-state index contributed by atoms with van der Waals surface area (Å²) >= 11 is 1.81. The molecule has 0 radical (unpaired) electrons. The second-order valence-electron chi connectivity index (χ2n) is 6.51. The molecular weight excluding hydrogens is 428 g/mol. The highest BCUT2D eigenvalue weighted by Crippen LogP contribution is 2.30. The Balaban J connectivity index is 1.30. The van der Waals surface area contributed by atoms with Gasteiger partial charge in [-0.1, -0.05) is 58.0 Å². The quantitative estimate of drug-likeness (QED) is 0.284. The Morgan fingerprint density at radius 2 is 1.79 bits per heavy atom. The maximum absolute atomic E-state index is 13.9. The Bertz CT molecular complexity index is 954. The molecule has 1 aliphatic rings. The minimum absolute atomic E-state index is 0.0346. The van der Waals surface area contributed by atoms with E-state index in [1.165, 1.54) is 28.6 Å². The smallest absolute Gasteiger partial charge is 0.222 e. The summed E-state index contributed by atoms with van der Waals surface area (Å²) in [6.07, 6.45) is 1.11. The van der Waals surface area contributed by atoms with Gasteiger partial charge in [-0.25, -0.2) is 13.8 Å². The molecule has 1 aliphatic heterocycles. The fourth-order valence-corrected chi connectivity index (χ4v) is 5.92. The number of halogens is 2. The molecule has 1 atom stereocenters. The first kappa shape index (κ1) is 20.4. The van der Waals surface area contributed by atoms with E-state index in [0.717, 1.165) is 23.5 Å². The van der Waals surface area contributed by atoms with Crippen molar-refractivity contribution in [1.82, 2.24) is 0 Å². The average Bonchev–Trinajstić information content (AvgIpc) is 3.41. The monoisotopic (exact) mass is 447 g/mol. The lowest BCUT2D eigenvalue weighted by atomic mass is 10.1. The number of nitrogens with zero attached hydrogens (tertiary/aromatic N) is 1. The lowest BCUT2D eigenvalue weighted by molar-refractivity contribution is 0.317. The third kappa shape index (κ3) is 5.21. The summed E-state index contributed by atoms with van der Waals surface area (Å²) in [5.74, 6) is 0.757. The van der Waals surface area contributed by atoms with Crippen molar-refractivity contribution in [3.8, 4) is 0 Å². The predicted molar refractivity (Wildman–Crippen MR) is 120 cm³/mol. The number of ether oxygens (including phenoxy) is 1. The fourth-order valence-electron chi connectivity index (χ4n) is 2.99. The van der Waals surface area contributed by atoms with Gasteiger partial charge < -0.3 is 4.74 Å². The van der Waals surface area contributed by atoms with E-state index in [1.54, 1.807) is 11.3 Å². The maximum Gasteiger partial charge on any atom is 0.222 e. The van der Waals surface area contributed by atoms with Crippen molar-refractivity contribution < 1.29 is 13.5 Å². The molecule has 4 rings (SSSR count). The number of rotatable bonds is 8. The Morgan fingerprint density at radius 1 is 1.00 bits per heavy atom. The molecule has 2 nitrogen and oxygen atoms in total. The van der Waals surface area contributed by atoms with E-state index in [0.29, 0.717) is 0 Å². The molecule has 0 saturated carbocycles. The van der Waals surface area contributed by atoms with Gasteiger partial charge in [0.25, 0.3) is 0 Å². The summed E-state index contributed by atoms with van der Waals surface area (Å²) in [5, 5.41) is 2.12. The van der Waals surface area contributed by atoms with Crippen molar-refractivity contribution in [3.63, 3.8) is 0 Å². The number of thiophene rings is 1. The summed E-state index contributed by atoms with van der Waals surface area (Å²) in [6.45, 7) is 0.287. The standard InChI is InChI=1S/C22H19F2NOS3/c23-18-4-1-5-19(24)21(18)22-25-20(13-26-22)16-8-6-15(7-9-16)14-29-28-12-10-17-3-2-11-27-17/h1-9,11,20H,10,12-14H2. The lowest BCUT2D eigenvalue weighted by Crippen LogP contribution is -2.07. The van der Waals surface area contributed by atoms with E-state index in [2.05, 4.69) is 34.6 Å². The summed E-state index contributed by atoms with van der Waals surface area (Å²) in [6, 6.07) is 16.0. The zero-order chi connectivity index (χ0) is 20.1. The third-order valence-electron chi connectivity index (χ3n) is 4.51. The number of hydrogen-bond acceptors (Lipinski definition) is 5. The van der Waals surface area contributed by atoms with Crippen LogP contribution in [0.4, 0.5) is 8.78 Å². The predicted octanol–water partition coefficient (Wildman–Crippen LogP) is 6.67. The molecule has 1 unspecified atom stereocenters. The van der Waals surface area contributed by atoms with Crippen LogP contribution in [0.2, 0.25) is 0 Å². The van der Waals surface area contributed by atoms with Crippen LogP contribution < -0.4 is 0 Å². The van der Waals surface area contributed by atoms with E-state index >= 15 is 0 Å². The van der Waals surface area contributed by atoms with Crippen molar-refractivity contribution in [1.29, 1.82) is 0 Å². The van der Waals surface area contributed by atoms with E-state index in [1.807, 2.05) is 33.7 Å². The molecule has 0 saturated heterocycles. The first-order chi connectivity index (χ1) is 14.2. The average molecular weight is 448 g/mol. The molecule has 0 amide bonds. The van der Waals surface area contributed by atoms with Crippen molar-refractivity contribution in [2.24, 2.45) is 4.99 Å². The highest BCUT2D eigenvalue weighted by molar-refractivity contribution is 8.76. The molecule has 0 fully saturated rings. The zero-order valence-electron chi connectivity index (χ0n) is 15.5. The molecule has 150 valence electrons. The number of benzene rings is 2. The topological polar surface area (TPSA) is 21.6 Å². The molecule has 0 N–H and O–H groups in total. The Morgan fingerprint density at radius 3 is 2.52 bits per heavy atom.